The van der Waals surface area contributed by atoms with Crippen molar-refractivity contribution < 1.29 is 9.53 Å². The van der Waals surface area contributed by atoms with Crippen LogP contribution in [0.2, 0.25) is 0 Å². The largest absolute Gasteiger partial charge is 0.378 e. The molecule has 32 heavy (non-hydrogen) atoms. The third-order valence-electron chi connectivity index (χ3n) is 5.63. The van der Waals surface area contributed by atoms with Crippen molar-refractivity contribution in [2.45, 2.75) is 13.5 Å². The number of aromatic nitrogens is 1. The lowest BCUT2D eigenvalue weighted by molar-refractivity contribution is -0.122. The number of thioether (sulfide) groups is 1. The predicted octanol–water partition coefficient (Wildman–Crippen LogP) is 4.78. The Labute approximate surface area is 197 Å². The predicted molar refractivity (Wildman–Crippen MR) is 135 cm³/mol. The second-order valence-electron chi connectivity index (χ2n) is 7.95. The maximum absolute atomic E-state index is 13.2. The lowest BCUT2D eigenvalue weighted by atomic mass is 10.1. The summed E-state index contributed by atoms with van der Waals surface area (Å²) in [6.07, 6.45) is 1.95. The number of hydrogen-bond acceptors (Lipinski definition) is 6. The smallest absolute Gasteiger partial charge is 0.266 e. The summed E-state index contributed by atoms with van der Waals surface area (Å²) in [6.45, 7) is 5.46. The number of thiocarbonyl (C=S) groups is 1. The number of pyridine rings is 1. The fourth-order valence-corrected chi connectivity index (χ4v) is 5.23. The topological polar surface area (TPSA) is 45.7 Å². The molecule has 3 heterocycles. The third-order valence-corrected chi connectivity index (χ3v) is 7.01. The first kappa shape index (κ1) is 21.1. The Morgan fingerprint density at radius 1 is 1.12 bits per heavy atom. The number of ether oxygens (including phenoxy) is 1. The van der Waals surface area contributed by atoms with E-state index in [0.717, 1.165) is 40.9 Å². The lowest BCUT2D eigenvalue weighted by Gasteiger charge is -2.29. The third kappa shape index (κ3) is 4.28. The van der Waals surface area contributed by atoms with Gasteiger partial charge in [-0.1, -0.05) is 65.9 Å². The number of nitrogens with zero attached hydrogens (tertiary/aromatic N) is 3. The van der Waals surface area contributed by atoms with Crippen molar-refractivity contribution in [3.05, 3.63) is 76.2 Å². The molecule has 7 heteroatoms. The highest BCUT2D eigenvalue weighted by molar-refractivity contribution is 8.26. The van der Waals surface area contributed by atoms with E-state index in [1.165, 1.54) is 17.3 Å². The van der Waals surface area contributed by atoms with Gasteiger partial charge in [0.1, 0.15) is 10.1 Å². The van der Waals surface area contributed by atoms with Crippen molar-refractivity contribution in [1.29, 1.82) is 0 Å². The molecule has 0 spiro atoms. The second kappa shape index (κ2) is 9.02. The van der Waals surface area contributed by atoms with Crippen LogP contribution in [0.15, 0.2) is 59.5 Å². The molecule has 0 saturated carbocycles. The van der Waals surface area contributed by atoms with Crippen molar-refractivity contribution in [2.75, 3.05) is 31.2 Å². The monoisotopic (exact) mass is 461 g/mol. The van der Waals surface area contributed by atoms with Crippen molar-refractivity contribution in [3.63, 3.8) is 0 Å². The maximum Gasteiger partial charge on any atom is 0.266 e. The molecule has 5 rings (SSSR count). The van der Waals surface area contributed by atoms with E-state index < -0.39 is 0 Å². The van der Waals surface area contributed by atoms with Gasteiger partial charge in [-0.3, -0.25) is 9.69 Å². The fourth-order valence-electron chi connectivity index (χ4n) is 3.98. The van der Waals surface area contributed by atoms with Crippen LogP contribution in [0.5, 0.6) is 0 Å². The highest BCUT2D eigenvalue weighted by Gasteiger charge is 2.32. The van der Waals surface area contributed by atoms with Crippen molar-refractivity contribution >= 4 is 57.0 Å². The molecule has 1 amide bonds. The first-order valence-electron chi connectivity index (χ1n) is 10.6. The van der Waals surface area contributed by atoms with Crippen LogP contribution in [-0.2, 0) is 16.1 Å². The molecule has 2 aromatic carbocycles. The molecule has 2 aliphatic rings. The van der Waals surface area contributed by atoms with E-state index >= 15 is 0 Å². The number of aryl methyl sites for hydroxylation is 1. The van der Waals surface area contributed by atoms with Gasteiger partial charge < -0.3 is 9.64 Å². The summed E-state index contributed by atoms with van der Waals surface area (Å²) in [7, 11) is 0. The zero-order chi connectivity index (χ0) is 22.1. The van der Waals surface area contributed by atoms with E-state index in [1.54, 1.807) is 4.90 Å². The molecule has 0 aliphatic carbocycles. The van der Waals surface area contributed by atoms with Crippen molar-refractivity contribution in [3.8, 4) is 0 Å². The molecular formula is C25H23N3O2S2. The van der Waals surface area contributed by atoms with Gasteiger partial charge in [0.05, 0.1) is 30.2 Å². The van der Waals surface area contributed by atoms with Crippen molar-refractivity contribution in [1.82, 2.24) is 9.88 Å². The van der Waals surface area contributed by atoms with Crippen LogP contribution >= 0.6 is 24.0 Å². The highest BCUT2D eigenvalue weighted by Crippen LogP contribution is 2.36. The summed E-state index contributed by atoms with van der Waals surface area (Å²) in [4.78, 5) is 22.7. The molecule has 162 valence electrons. The van der Waals surface area contributed by atoms with E-state index in [2.05, 4.69) is 36.1 Å². The van der Waals surface area contributed by atoms with E-state index in [4.69, 9.17) is 21.9 Å². The Hall–Kier alpha value is -2.74. The molecule has 0 radical (unpaired) electrons. The Balaban J connectivity index is 1.53. The van der Waals surface area contributed by atoms with Gasteiger partial charge in [-0.05, 0) is 36.8 Å². The van der Waals surface area contributed by atoms with Gasteiger partial charge in [0, 0.05) is 24.0 Å². The number of anilines is 1. The molecule has 0 atom stereocenters. The number of carbonyl (C=O) groups excluding carboxylic acids is 1. The Morgan fingerprint density at radius 3 is 2.69 bits per heavy atom. The van der Waals surface area contributed by atoms with E-state index in [0.29, 0.717) is 29.0 Å². The first-order valence-corrected chi connectivity index (χ1v) is 11.8. The minimum Gasteiger partial charge on any atom is -0.378 e. The molecule has 0 bridgehead atoms. The van der Waals surface area contributed by atoms with Crippen molar-refractivity contribution in [2.24, 2.45) is 0 Å². The lowest BCUT2D eigenvalue weighted by Crippen LogP contribution is -2.37. The summed E-state index contributed by atoms with van der Waals surface area (Å²) >= 11 is 6.90. The Kier molecular flexibility index (Phi) is 5.95. The molecule has 2 aliphatic heterocycles. The number of fused-ring (bicyclic) bond motifs is 1. The summed E-state index contributed by atoms with van der Waals surface area (Å²) < 4.78 is 6.12. The SMILES string of the molecule is Cc1ccc2nc(N3CCOCC3)c(/C=C3\SC(=S)N(Cc4ccccc4)C3=O)cc2c1. The molecule has 1 aromatic heterocycles. The zero-order valence-corrected chi connectivity index (χ0v) is 19.4. The van der Waals surface area contributed by atoms with Gasteiger partial charge in [-0.15, -0.1) is 0 Å². The number of amides is 1. The van der Waals surface area contributed by atoms with Crippen LogP contribution in [0.4, 0.5) is 5.82 Å². The Morgan fingerprint density at radius 2 is 1.91 bits per heavy atom. The summed E-state index contributed by atoms with van der Waals surface area (Å²) in [6, 6.07) is 18.3. The summed E-state index contributed by atoms with van der Waals surface area (Å²) in [5, 5.41) is 1.06. The maximum atomic E-state index is 13.2. The summed E-state index contributed by atoms with van der Waals surface area (Å²) in [5.41, 5.74) is 4.12. The molecule has 5 nitrogen and oxygen atoms in total. The quantitative estimate of drug-likeness (QED) is 0.412. The van der Waals surface area contributed by atoms with Crippen LogP contribution in [0.1, 0.15) is 16.7 Å². The number of carbonyl (C=O) groups is 1. The van der Waals surface area contributed by atoms with Crippen LogP contribution < -0.4 is 4.90 Å². The molecule has 0 N–H and O–H groups in total. The molecule has 2 saturated heterocycles. The molecular weight excluding hydrogens is 438 g/mol. The number of morpholine rings is 1. The first-order chi connectivity index (χ1) is 15.6. The summed E-state index contributed by atoms with van der Waals surface area (Å²) in [5.74, 6) is 0.833. The van der Waals surface area contributed by atoms with Crippen LogP contribution in [0, 0.1) is 6.92 Å². The van der Waals surface area contributed by atoms with Crippen LogP contribution in [-0.4, -0.2) is 46.4 Å². The highest BCUT2D eigenvalue weighted by atomic mass is 32.2. The van der Waals surface area contributed by atoms with Gasteiger partial charge in [0.25, 0.3) is 5.91 Å². The second-order valence-corrected chi connectivity index (χ2v) is 9.63. The normalized spacial score (nSPS) is 18.2. The van der Waals surface area contributed by atoms with Crippen LogP contribution in [0.3, 0.4) is 0 Å². The minimum atomic E-state index is -0.0545. The number of hydrogen-bond donors (Lipinski definition) is 0. The van der Waals surface area contributed by atoms with E-state index in [-0.39, 0.29) is 5.91 Å². The standard InChI is InChI=1S/C25H23N3O2S2/c1-17-7-8-21-19(13-17)14-20(23(26-21)27-9-11-30-12-10-27)15-22-24(29)28(25(31)32-22)16-18-5-3-2-4-6-18/h2-8,13-15H,9-12,16H2,1H3/b22-15-. The van der Waals surface area contributed by atoms with Gasteiger partial charge >= 0.3 is 0 Å². The van der Waals surface area contributed by atoms with Gasteiger partial charge in [-0.2, -0.15) is 0 Å². The van der Waals surface area contributed by atoms with Gasteiger partial charge in [0.15, 0.2) is 0 Å². The van der Waals surface area contributed by atoms with Gasteiger partial charge in [-0.25, -0.2) is 4.98 Å². The van der Waals surface area contributed by atoms with E-state index in [1.807, 2.05) is 36.4 Å². The zero-order valence-electron chi connectivity index (χ0n) is 17.8. The van der Waals surface area contributed by atoms with Gasteiger partial charge in [0.2, 0.25) is 0 Å². The number of benzene rings is 2. The minimum absolute atomic E-state index is 0.0545. The Bertz CT molecular complexity index is 1220. The fraction of sp³-hybridized carbons (Fsp3) is 0.240. The molecule has 3 aromatic rings. The molecule has 0 unspecified atom stereocenters. The van der Waals surface area contributed by atoms with Crippen LogP contribution in [0.25, 0.3) is 17.0 Å². The molecule has 2 fully saturated rings. The average Bonchev–Trinajstić information content (AvgIpc) is 3.07. The average molecular weight is 462 g/mol. The number of rotatable bonds is 4. The van der Waals surface area contributed by atoms with E-state index in [9.17, 15) is 4.79 Å².